The van der Waals surface area contributed by atoms with E-state index in [1.807, 2.05) is 0 Å². The van der Waals surface area contributed by atoms with Crippen molar-refractivity contribution in [3.63, 3.8) is 0 Å². The van der Waals surface area contributed by atoms with E-state index in [1.165, 1.54) is 25.7 Å². The summed E-state index contributed by atoms with van der Waals surface area (Å²) in [6, 6.07) is 0.437. The van der Waals surface area contributed by atoms with E-state index in [2.05, 4.69) is 24.1 Å². The summed E-state index contributed by atoms with van der Waals surface area (Å²) >= 11 is 0. The molecule has 3 heteroatoms. The summed E-state index contributed by atoms with van der Waals surface area (Å²) in [6.07, 6.45) is 6.06. The number of carbonyl (C=O) groups excluding carboxylic acids is 1. The molecule has 16 heavy (non-hydrogen) atoms. The number of hydrogen-bond donors (Lipinski definition) is 1. The van der Waals surface area contributed by atoms with Crippen molar-refractivity contribution in [2.24, 2.45) is 5.92 Å². The molecule has 1 atom stereocenters. The molecule has 92 valence electrons. The predicted molar refractivity (Wildman–Crippen MR) is 65.2 cm³/mol. The molecule has 1 amide bonds. The van der Waals surface area contributed by atoms with E-state index in [9.17, 15) is 4.79 Å². The van der Waals surface area contributed by atoms with E-state index in [0.717, 1.165) is 25.4 Å². The summed E-state index contributed by atoms with van der Waals surface area (Å²) in [6.45, 7) is 6.24. The molecule has 0 unspecified atom stereocenters. The second-order valence-corrected chi connectivity index (χ2v) is 5.53. The van der Waals surface area contributed by atoms with E-state index in [4.69, 9.17) is 0 Å². The van der Waals surface area contributed by atoms with Crippen LogP contribution in [0.5, 0.6) is 0 Å². The minimum Gasteiger partial charge on any atom is -0.339 e. The van der Waals surface area contributed by atoms with Crippen LogP contribution in [0, 0.1) is 5.92 Å². The molecule has 1 aliphatic heterocycles. The van der Waals surface area contributed by atoms with Gasteiger partial charge in [-0.15, -0.1) is 0 Å². The molecule has 2 rings (SSSR count). The molecule has 0 spiro atoms. The van der Waals surface area contributed by atoms with Crippen LogP contribution in [-0.2, 0) is 4.79 Å². The second kappa shape index (κ2) is 5.17. The molecule has 1 N–H and O–H groups in total. The summed E-state index contributed by atoms with van der Waals surface area (Å²) in [5, 5.41) is 3.36. The van der Waals surface area contributed by atoms with E-state index in [0.29, 0.717) is 11.9 Å². The van der Waals surface area contributed by atoms with Crippen molar-refractivity contribution < 1.29 is 4.79 Å². The maximum absolute atomic E-state index is 12.4. The van der Waals surface area contributed by atoms with Gasteiger partial charge in [-0.2, -0.15) is 0 Å². The van der Waals surface area contributed by atoms with Gasteiger partial charge in [-0.3, -0.25) is 4.79 Å². The van der Waals surface area contributed by atoms with Crippen LogP contribution in [0.15, 0.2) is 0 Å². The van der Waals surface area contributed by atoms with Crippen LogP contribution in [0.2, 0.25) is 0 Å². The van der Waals surface area contributed by atoms with Gasteiger partial charge in [-0.05, 0) is 52.0 Å². The standard InChI is InChI=1S/C13H24N2O/c1-10(2)15(9-11-6-7-11)13(16)12-5-3-4-8-14-12/h10-12,14H,3-9H2,1-2H3/t12-/m0/s1. The van der Waals surface area contributed by atoms with Crippen molar-refractivity contribution in [2.75, 3.05) is 13.1 Å². The summed E-state index contributed by atoms with van der Waals surface area (Å²) in [4.78, 5) is 14.5. The third-order valence-corrected chi connectivity index (χ3v) is 3.67. The molecule has 0 aromatic heterocycles. The second-order valence-electron chi connectivity index (χ2n) is 5.53. The molecular formula is C13H24N2O. The molecule has 1 saturated heterocycles. The van der Waals surface area contributed by atoms with Crippen molar-refractivity contribution in [3.8, 4) is 0 Å². The fourth-order valence-electron chi connectivity index (χ4n) is 2.40. The molecular weight excluding hydrogens is 200 g/mol. The Labute approximate surface area is 98.6 Å². The first-order chi connectivity index (χ1) is 7.68. The summed E-state index contributed by atoms with van der Waals surface area (Å²) in [5.41, 5.74) is 0. The molecule has 0 aromatic rings. The van der Waals surface area contributed by atoms with Gasteiger partial charge in [0.05, 0.1) is 6.04 Å². The first-order valence-electron chi connectivity index (χ1n) is 6.72. The van der Waals surface area contributed by atoms with Crippen LogP contribution in [-0.4, -0.2) is 36.0 Å². The van der Waals surface area contributed by atoms with Gasteiger partial charge in [0.1, 0.15) is 0 Å². The first kappa shape index (κ1) is 11.9. The molecule has 1 heterocycles. The molecule has 2 fully saturated rings. The van der Waals surface area contributed by atoms with Crippen molar-refractivity contribution >= 4 is 5.91 Å². The maximum atomic E-state index is 12.4. The van der Waals surface area contributed by atoms with E-state index in [1.54, 1.807) is 0 Å². The topological polar surface area (TPSA) is 32.3 Å². The lowest BCUT2D eigenvalue weighted by Crippen LogP contribution is -2.51. The molecule has 1 saturated carbocycles. The van der Waals surface area contributed by atoms with Crippen LogP contribution in [0.1, 0.15) is 46.0 Å². The van der Waals surface area contributed by atoms with Crippen LogP contribution < -0.4 is 5.32 Å². The van der Waals surface area contributed by atoms with Crippen LogP contribution in [0.3, 0.4) is 0 Å². The molecule has 0 aromatic carbocycles. The summed E-state index contributed by atoms with van der Waals surface area (Å²) < 4.78 is 0. The van der Waals surface area contributed by atoms with E-state index < -0.39 is 0 Å². The highest BCUT2D eigenvalue weighted by atomic mass is 16.2. The Balaban J connectivity index is 1.91. The van der Waals surface area contributed by atoms with Crippen molar-refractivity contribution in [3.05, 3.63) is 0 Å². The maximum Gasteiger partial charge on any atom is 0.239 e. The number of carbonyl (C=O) groups is 1. The van der Waals surface area contributed by atoms with Gasteiger partial charge in [-0.1, -0.05) is 6.42 Å². The molecule has 1 aliphatic carbocycles. The Kier molecular flexibility index (Phi) is 3.85. The van der Waals surface area contributed by atoms with Gasteiger partial charge in [0.15, 0.2) is 0 Å². The van der Waals surface area contributed by atoms with Crippen LogP contribution in [0.25, 0.3) is 0 Å². The summed E-state index contributed by atoms with van der Waals surface area (Å²) in [7, 11) is 0. The highest BCUT2D eigenvalue weighted by molar-refractivity contribution is 5.82. The van der Waals surface area contributed by atoms with Gasteiger partial charge >= 0.3 is 0 Å². The monoisotopic (exact) mass is 224 g/mol. The minimum absolute atomic E-state index is 0.0925. The fraction of sp³-hybridized carbons (Fsp3) is 0.923. The Hall–Kier alpha value is -0.570. The zero-order valence-electron chi connectivity index (χ0n) is 10.5. The van der Waals surface area contributed by atoms with Gasteiger partial charge in [0.25, 0.3) is 0 Å². The number of nitrogens with zero attached hydrogens (tertiary/aromatic N) is 1. The third kappa shape index (κ3) is 2.97. The number of hydrogen-bond acceptors (Lipinski definition) is 2. The predicted octanol–water partition coefficient (Wildman–Crippen LogP) is 1.78. The first-order valence-corrected chi connectivity index (χ1v) is 6.72. The third-order valence-electron chi connectivity index (χ3n) is 3.67. The number of amides is 1. The Morgan fingerprint density at radius 3 is 2.56 bits per heavy atom. The van der Waals surface area contributed by atoms with E-state index in [-0.39, 0.29) is 6.04 Å². The molecule has 2 aliphatic rings. The van der Waals surface area contributed by atoms with Crippen molar-refractivity contribution in [2.45, 2.75) is 58.0 Å². The van der Waals surface area contributed by atoms with Gasteiger partial charge in [0, 0.05) is 12.6 Å². The largest absolute Gasteiger partial charge is 0.339 e. The van der Waals surface area contributed by atoms with Gasteiger partial charge in [-0.25, -0.2) is 0 Å². The Morgan fingerprint density at radius 2 is 2.06 bits per heavy atom. The lowest BCUT2D eigenvalue weighted by Gasteiger charge is -2.32. The lowest BCUT2D eigenvalue weighted by atomic mass is 10.0. The number of rotatable bonds is 4. The SMILES string of the molecule is CC(C)N(CC1CC1)C(=O)[C@@H]1CCCCN1. The Bertz CT molecular complexity index is 242. The highest BCUT2D eigenvalue weighted by Gasteiger charge is 2.31. The average molecular weight is 224 g/mol. The lowest BCUT2D eigenvalue weighted by molar-refractivity contribution is -0.136. The van der Waals surface area contributed by atoms with Gasteiger partial charge < -0.3 is 10.2 Å². The smallest absolute Gasteiger partial charge is 0.239 e. The van der Waals surface area contributed by atoms with E-state index >= 15 is 0 Å². The fourth-order valence-corrected chi connectivity index (χ4v) is 2.40. The van der Waals surface area contributed by atoms with Crippen molar-refractivity contribution in [1.29, 1.82) is 0 Å². The minimum atomic E-state index is 0.0925. The summed E-state index contributed by atoms with van der Waals surface area (Å²) in [5.74, 6) is 1.12. The molecule has 0 bridgehead atoms. The molecule has 3 nitrogen and oxygen atoms in total. The number of nitrogens with one attached hydrogen (secondary N) is 1. The van der Waals surface area contributed by atoms with Gasteiger partial charge in [0.2, 0.25) is 5.91 Å². The number of piperidine rings is 1. The normalized spacial score (nSPS) is 25.8. The molecule has 0 radical (unpaired) electrons. The zero-order chi connectivity index (χ0) is 11.5. The highest BCUT2D eigenvalue weighted by Crippen LogP contribution is 2.30. The quantitative estimate of drug-likeness (QED) is 0.789. The zero-order valence-corrected chi connectivity index (χ0v) is 10.5. The van der Waals surface area contributed by atoms with Crippen LogP contribution in [0.4, 0.5) is 0 Å². The van der Waals surface area contributed by atoms with Crippen LogP contribution >= 0.6 is 0 Å². The Morgan fingerprint density at radius 1 is 1.31 bits per heavy atom. The van der Waals surface area contributed by atoms with Crippen molar-refractivity contribution in [1.82, 2.24) is 10.2 Å². The average Bonchev–Trinajstić information content (AvgIpc) is 3.09.